The summed E-state index contributed by atoms with van der Waals surface area (Å²) in [4.78, 5) is 12.9. The second-order valence-corrected chi connectivity index (χ2v) is 10.2. The molecular weight excluding hydrogens is 504 g/mol. The molecule has 3 aromatic carbocycles. The van der Waals surface area contributed by atoms with Gasteiger partial charge in [-0.1, -0.05) is 35.4 Å². The van der Waals surface area contributed by atoms with Crippen molar-refractivity contribution in [2.45, 2.75) is 18.7 Å². The summed E-state index contributed by atoms with van der Waals surface area (Å²) in [7, 11) is -1.13. The number of carbonyl (C=O) groups excluding carboxylic acids is 1. The molecule has 0 aromatic heterocycles. The quantitative estimate of drug-likeness (QED) is 0.369. The lowest BCUT2D eigenvalue weighted by molar-refractivity contribution is -0.119. The first-order valence-electron chi connectivity index (χ1n) is 11.1. The van der Waals surface area contributed by atoms with Gasteiger partial charge >= 0.3 is 0 Å². The number of anilines is 1. The molecule has 0 atom stereocenters. The van der Waals surface area contributed by atoms with Crippen LogP contribution in [0, 0.1) is 13.8 Å². The molecule has 0 heterocycles. The fourth-order valence-corrected chi connectivity index (χ4v) is 4.92. The fraction of sp³-hybridized carbons (Fsp3) is 0.269. The fourth-order valence-electron chi connectivity index (χ4n) is 3.34. The molecule has 8 nitrogen and oxygen atoms in total. The van der Waals surface area contributed by atoms with E-state index in [2.05, 4.69) is 5.32 Å². The molecule has 3 rings (SSSR count). The van der Waals surface area contributed by atoms with Crippen LogP contribution in [0.2, 0.25) is 5.02 Å². The maximum Gasteiger partial charge on any atom is 0.264 e. The van der Waals surface area contributed by atoms with Gasteiger partial charge in [-0.3, -0.25) is 9.10 Å². The molecule has 0 radical (unpaired) electrons. The number of sulfonamides is 1. The van der Waals surface area contributed by atoms with Crippen LogP contribution in [-0.2, 0) is 14.8 Å². The SMILES string of the molecule is COc1ccc(N(CC(=O)NCCOc2ccc(C)c(Cl)c2)S(=O)(=O)c2ccc(C)cc2)cc1OC. The molecule has 0 saturated carbocycles. The Balaban J connectivity index is 1.77. The average molecular weight is 533 g/mol. The number of methoxy groups -OCH3 is 2. The predicted octanol–water partition coefficient (Wildman–Crippen LogP) is 4.36. The number of hydrogen-bond donors (Lipinski definition) is 1. The zero-order valence-electron chi connectivity index (χ0n) is 20.6. The lowest BCUT2D eigenvalue weighted by Crippen LogP contribution is -2.42. The highest BCUT2D eigenvalue weighted by atomic mass is 35.5. The number of rotatable bonds is 11. The van der Waals surface area contributed by atoms with Gasteiger partial charge < -0.3 is 19.5 Å². The largest absolute Gasteiger partial charge is 0.493 e. The molecule has 3 aromatic rings. The maximum atomic E-state index is 13.5. The third-order valence-corrected chi connectivity index (χ3v) is 7.58. The second kappa shape index (κ2) is 12.0. The summed E-state index contributed by atoms with van der Waals surface area (Å²) in [5.41, 5.74) is 2.11. The topological polar surface area (TPSA) is 94.2 Å². The highest BCUT2D eigenvalue weighted by Crippen LogP contribution is 2.33. The van der Waals surface area contributed by atoms with Crippen molar-refractivity contribution in [3.8, 4) is 17.2 Å². The van der Waals surface area contributed by atoms with Gasteiger partial charge in [0.25, 0.3) is 10.0 Å². The van der Waals surface area contributed by atoms with E-state index in [9.17, 15) is 13.2 Å². The number of hydrogen-bond acceptors (Lipinski definition) is 6. The number of amides is 1. The molecule has 0 unspecified atom stereocenters. The lowest BCUT2D eigenvalue weighted by atomic mass is 10.2. The third kappa shape index (κ3) is 6.61. The van der Waals surface area contributed by atoms with E-state index in [0.717, 1.165) is 15.4 Å². The van der Waals surface area contributed by atoms with Gasteiger partial charge in [-0.25, -0.2) is 8.42 Å². The molecular formula is C26H29ClN2O6S. The Morgan fingerprint density at radius 1 is 0.944 bits per heavy atom. The Labute approximate surface area is 216 Å². The summed E-state index contributed by atoms with van der Waals surface area (Å²) in [6.07, 6.45) is 0. The van der Waals surface area contributed by atoms with Crippen molar-refractivity contribution in [1.29, 1.82) is 0 Å². The first kappa shape index (κ1) is 27.2. The van der Waals surface area contributed by atoms with Gasteiger partial charge in [0, 0.05) is 11.1 Å². The van der Waals surface area contributed by atoms with E-state index in [1.165, 1.54) is 32.4 Å². The van der Waals surface area contributed by atoms with E-state index >= 15 is 0 Å². The maximum absolute atomic E-state index is 13.5. The van der Waals surface area contributed by atoms with Crippen molar-refractivity contribution in [2.24, 2.45) is 0 Å². The Morgan fingerprint density at radius 3 is 2.28 bits per heavy atom. The van der Waals surface area contributed by atoms with Gasteiger partial charge in [0.2, 0.25) is 5.91 Å². The monoisotopic (exact) mass is 532 g/mol. The number of nitrogens with zero attached hydrogens (tertiary/aromatic N) is 1. The molecule has 0 bridgehead atoms. The molecule has 192 valence electrons. The minimum atomic E-state index is -4.06. The van der Waals surface area contributed by atoms with Crippen LogP contribution in [0.25, 0.3) is 0 Å². The van der Waals surface area contributed by atoms with Gasteiger partial charge in [0.05, 0.1) is 31.3 Å². The third-order valence-electron chi connectivity index (χ3n) is 5.39. The zero-order chi connectivity index (χ0) is 26.3. The summed E-state index contributed by atoms with van der Waals surface area (Å²) in [6.45, 7) is 3.67. The van der Waals surface area contributed by atoms with E-state index < -0.39 is 22.5 Å². The molecule has 0 aliphatic rings. The van der Waals surface area contributed by atoms with E-state index in [1.54, 1.807) is 36.4 Å². The first-order valence-corrected chi connectivity index (χ1v) is 12.9. The second-order valence-electron chi connectivity index (χ2n) is 7.97. The minimum absolute atomic E-state index is 0.0651. The van der Waals surface area contributed by atoms with Crippen molar-refractivity contribution in [3.63, 3.8) is 0 Å². The summed E-state index contributed by atoms with van der Waals surface area (Å²) >= 11 is 6.11. The molecule has 0 aliphatic heterocycles. The Hall–Kier alpha value is -3.43. The standard InChI is InChI=1S/C26H29ClN2O6S/c1-18-5-10-22(11-6-18)36(31,32)29(20-8-12-24(33-3)25(15-20)34-4)17-26(30)28-13-14-35-21-9-7-19(2)23(27)16-21/h5-12,15-16H,13-14,17H2,1-4H3,(H,28,30). The first-order chi connectivity index (χ1) is 17.1. The number of carbonyl (C=O) groups is 1. The molecule has 0 saturated heterocycles. The Bertz CT molecular complexity index is 1310. The van der Waals surface area contributed by atoms with Crippen LogP contribution in [0.3, 0.4) is 0 Å². The lowest BCUT2D eigenvalue weighted by Gasteiger charge is -2.25. The van der Waals surface area contributed by atoms with Crippen LogP contribution in [0.4, 0.5) is 5.69 Å². The van der Waals surface area contributed by atoms with E-state index in [1.807, 2.05) is 19.9 Å². The van der Waals surface area contributed by atoms with Gasteiger partial charge in [0.15, 0.2) is 11.5 Å². The van der Waals surface area contributed by atoms with Gasteiger partial charge in [0.1, 0.15) is 18.9 Å². The molecule has 0 spiro atoms. The molecule has 0 fully saturated rings. The summed E-state index contributed by atoms with van der Waals surface area (Å²) in [5, 5.41) is 3.29. The normalized spacial score (nSPS) is 11.0. The highest BCUT2D eigenvalue weighted by Gasteiger charge is 2.28. The molecule has 1 amide bonds. The van der Waals surface area contributed by atoms with Crippen molar-refractivity contribution in [2.75, 3.05) is 38.2 Å². The smallest absolute Gasteiger partial charge is 0.264 e. The summed E-state index contributed by atoms with van der Waals surface area (Å²) in [6, 6.07) is 16.4. The van der Waals surface area contributed by atoms with Crippen molar-refractivity contribution < 1.29 is 27.4 Å². The van der Waals surface area contributed by atoms with Crippen molar-refractivity contribution in [1.82, 2.24) is 5.32 Å². The van der Waals surface area contributed by atoms with Crippen molar-refractivity contribution >= 4 is 33.2 Å². The van der Waals surface area contributed by atoms with Crippen LogP contribution >= 0.6 is 11.6 Å². The summed E-state index contributed by atoms with van der Waals surface area (Å²) in [5.74, 6) is 0.858. The summed E-state index contributed by atoms with van der Waals surface area (Å²) < 4.78 is 44.3. The number of halogens is 1. The van der Waals surface area contributed by atoms with Crippen LogP contribution in [0.15, 0.2) is 65.6 Å². The molecule has 36 heavy (non-hydrogen) atoms. The van der Waals surface area contributed by atoms with E-state index in [0.29, 0.717) is 22.3 Å². The van der Waals surface area contributed by atoms with Crippen LogP contribution < -0.4 is 23.8 Å². The number of benzene rings is 3. The average Bonchev–Trinajstić information content (AvgIpc) is 2.87. The Kier molecular flexibility index (Phi) is 9.06. The van der Waals surface area contributed by atoms with E-state index in [-0.39, 0.29) is 23.7 Å². The highest BCUT2D eigenvalue weighted by molar-refractivity contribution is 7.92. The van der Waals surface area contributed by atoms with Gasteiger partial charge in [-0.05, 0) is 55.8 Å². The minimum Gasteiger partial charge on any atom is -0.493 e. The van der Waals surface area contributed by atoms with Crippen LogP contribution in [0.1, 0.15) is 11.1 Å². The Morgan fingerprint density at radius 2 is 1.64 bits per heavy atom. The number of ether oxygens (including phenoxy) is 3. The zero-order valence-corrected chi connectivity index (χ0v) is 22.2. The van der Waals surface area contributed by atoms with Gasteiger partial charge in [-0.15, -0.1) is 0 Å². The van der Waals surface area contributed by atoms with Crippen molar-refractivity contribution in [3.05, 3.63) is 76.8 Å². The molecule has 0 aliphatic carbocycles. The predicted molar refractivity (Wildman–Crippen MR) is 140 cm³/mol. The molecule has 1 N–H and O–H groups in total. The molecule has 10 heteroatoms. The number of aryl methyl sites for hydroxylation is 2. The van der Waals surface area contributed by atoms with Crippen LogP contribution in [-0.4, -0.2) is 48.2 Å². The van der Waals surface area contributed by atoms with Gasteiger partial charge in [-0.2, -0.15) is 0 Å². The van der Waals surface area contributed by atoms with Crippen LogP contribution in [0.5, 0.6) is 17.2 Å². The number of nitrogens with one attached hydrogen (secondary N) is 1. The van der Waals surface area contributed by atoms with E-state index in [4.69, 9.17) is 25.8 Å².